The maximum absolute atomic E-state index is 11.4. The van der Waals surface area contributed by atoms with Gasteiger partial charge in [-0.15, -0.1) is 0 Å². The summed E-state index contributed by atoms with van der Waals surface area (Å²) in [6.07, 6.45) is 5.05. The highest BCUT2D eigenvalue weighted by molar-refractivity contribution is 5.90. The van der Waals surface area contributed by atoms with Crippen LogP contribution < -0.4 is 5.32 Å². The first-order valence-corrected chi connectivity index (χ1v) is 5.60. The van der Waals surface area contributed by atoms with Crippen LogP contribution in [0.2, 0.25) is 0 Å². The van der Waals surface area contributed by atoms with E-state index in [1.54, 1.807) is 19.1 Å². The molecule has 1 aromatic rings. The number of aromatic nitrogens is 1. The van der Waals surface area contributed by atoms with Crippen LogP contribution in [0.15, 0.2) is 24.3 Å². The normalized spacial score (nSPS) is 10.5. The molecule has 0 bridgehead atoms. The lowest BCUT2D eigenvalue weighted by molar-refractivity contribution is 0.0599. The van der Waals surface area contributed by atoms with Crippen molar-refractivity contribution in [3.05, 3.63) is 35.5 Å². The van der Waals surface area contributed by atoms with Crippen LogP contribution in [-0.2, 0) is 4.74 Å². The molecular weight excluding hydrogens is 216 g/mol. The molecule has 4 nitrogen and oxygen atoms in total. The molecule has 0 amide bonds. The van der Waals surface area contributed by atoms with Gasteiger partial charge in [-0.2, -0.15) is 0 Å². The Hall–Kier alpha value is -1.84. The van der Waals surface area contributed by atoms with E-state index >= 15 is 0 Å². The summed E-state index contributed by atoms with van der Waals surface area (Å²) >= 11 is 0. The molecule has 1 heterocycles. The first-order chi connectivity index (χ1) is 8.19. The zero-order chi connectivity index (χ0) is 12.7. The largest absolute Gasteiger partial charge is 0.465 e. The van der Waals surface area contributed by atoms with E-state index in [1.807, 2.05) is 13.0 Å². The number of allylic oxidation sites excluding steroid dienone is 1. The Balaban J connectivity index is 2.65. The molecule has 1 aromatic heterocycles. The maximum atomic E-state index is 11.4. The summed E-state index contributed by atoms with van der Waals surface area (Å²) in [6, 6.07) is 3.51. The Morgan fingerprint density at radius 1 is 1.53 bits per heavy atom. The molecular formula is C13H18N2O2. The van der Waals surface area contributed by atoms with E-state index in [9.17, 15) is 4.79 Å². The molecule has 0 aromatic carbocycles. The fourth-order valence-corrected chi connectivity index (χ4v) is 1.44. The fraction of sp³-hybridized carbons (Fsp3) is 0.385. The summed E-state index contributed by atoms with van der Waals surface area (Å²) in [7, 11) is 1.37. The first kappa shape index (κ1) is 13.2. The van der Waals surface area contributed by atoms with Gasteiger partial charge in [0.1, 0.15) is 5.82 Å². The molecule has 92 valence electrons. The van der Waals surface area contributed by atoms with E-state index in [0.29, 0.717) is 11.3 Å². The van der Waals surface area contributed by atoms with Crippen molar-refractivity contribution in [2.45, 2.75) is 20.3 Å². The van der Waals surface area contributed by atoms with Gasteiger partial charge in [-0.1, -0.05) is 12.2 Å². The Labute approximate surface area is 102 Å². The third kappa shape index (κ3) is 3.90. The van der Waals surface area contributed by atoms with Gasteiger partial charge in [-0.3, -0.25) is 0 Å². The number of aryl methyl sites for hydroxylation is 1. The average molecular weight is 234 g/mol. The van der Waals surface area contributed by atoms with Crippen molar-refractivity contribution >= 4 is 11.8 Å². The number of esters is 1. The van der Waals surface area contributed by atoms with Crippen LogP contribution in [0.3, 0.4) is 0 Å². The molecule has 0 aliphatic rings. The number of hydrogen-bond donors (Lipinski definition) is 1. The van der Waals surface area contributed by atoms with Crippen molar-refractivity contribution in [1.29, 1.82) is 0 Å². The monoisotopic (exact) mass is 234 g/mol. The van der Waals surface area contributed by atoms with Gasteiger partial charge in [0, 0.05) is 6.54 Å². The molecule has 0 saturated heterocycles. The topological polar surface area (TPSA) is 51.2 Å². The van der Waals surface area contributed by atoms with Gasteiger partial charge in [0.25, 0.3) is 0 Å². The lowest BCUT2D eigenvalue weighted by Gasteiger charge is -2.07. The highest BCUT2D eigenvalue weighted by Gasteiger charge is 2.10. The van der Waals surface area contributed by atoms with Crippen molar-refractivity contribution in [2.75, 3.05) is 19.0 Å². The van der Waals surface area contributed by atoms with Crippen LogP contribution in [0.5, 0.6) is 0 Å². The second-order valence-electron chi connectivity index (χ2n) is 3.61. The van der Waals surface area contributed by atoms with Gasteiger partial charge >= 0.3 is 5.97 Å². The summed E-state index contributed by atoms with van der Waals surface area (Å²) in [4.78, 5) is 15.7. The van der Waals surface area contributed by atoms with E-state index < -0.39 is 0 Å². The maximum Gasteiger partial charge on any atom is 0.339 e. The fourth-order valence-electron chi connectivity index (χ4n) is 1.44. The van der Waals surface area contributed by atoms with Crippen molar-refractivity contribution in [1.82, 2.24) is 4.98 Å². The van der Waals surface area contributed by atoms with E-state index in [4.69, 9.17) is 0 Å². The number of methoxy groups -OCH3 is 1. The Bertz CT molecular complexity index is 414. The predicted molar refractivity (Wildman–Crippen MR) is 68.2 cm³/mol. The molecule has 0 unspecified atom stereocenters. The minimum atomic E-state index is -0.351. The number of rotatable bonds is 5. The number of nitrogens with zero attached hydrogens (tertiary/aromatic N) is 1. The standard InChI is InChI=1S/C13H18N2O2/c1-4-5-6-9-14-12-8-7-11(10(2)15-12)13(16)17-3/h4-5,7-8H,6,9H2,1-3H3,(H,14,15)/b5-4+. The second kappa shape index (κ2) is 6.68. The minimum absolute atomic E-state index is 0.351. The van der Waals surface area contributed by atoms with Crippen LogP contribution in [-0.4, -0.2) is 24.6 Å². The number of anilines is 1. The van der Waals surface area contributed by atoms with E-state index in [1.165, 1.54) is 7.11 Å². The zero-order valence-electron chi connectivity index (χ0n) is 10.5. The second-order valence-corrected chi connectivity index (χ2v) is 3.61. The summed E-state index contributed by atoms with van der Waals surface area (Å²) in [5.74, 6) is 0.426. The molecule has 1 N–H and O–H groups in total. The smallest absolute Gasteiger partial charge is 0.339 e. The van der Waals surface area contributed by atoms with Crippen LogP contribution >= 0.6 is 0 Å². The van der Waals surface area contributed by atoms with Gasteiger partial charge in [0.2, 0.25) is 0 Å². The van der Waals surface area contributed by atoms with Gasteiger partial charge in [0.05, 0.1) is 18.4 Å². The third-order valence-corrected chi connectivity index (χ3v) is 2.34. The lowest BCUT2D eigenvalue weighted by atomic mass is 10.2. The lowest BCUT2D eigenvalue weighted by Crippen LogP contribution is -2.08. The Morgan fingerprint density at radius 2 is 2.29 bits per heavy atom. The predicted octanol–water partition coefficient (Wildman–Crippen LogP) is 2.55. The van der Waals surface area contributed by atoms with E-state index in [0.717, 1.165) is 18.8 Å². The van der Waals surface area contributed by atoms with Crippen molar-refractivity contribution in [3.8, 4) is 0 Å². The number of hydrogen-bond acceptors (Lipinski definition) is 4. The number of carbonyl (C=O) groups is 1. The van der Waals surface area contributed by atoms with Gasteiger partial charge < -0.3 is 10.1 Å². The average Bonchev–Trinajstić information content (AvgIpc) is 2.34. The number of ether oxygens (including phenoxy) is 1. The number of carbonyl (C=O) groups excluding carboxylic acids is 1. The van der Waals surface area contributed by atoms with Crippen LogP contribution in [0.1, 0.15) is 29.4 Å². The third-order valence-electron chi connectivity index (χ3n) is 2.34. The first-order valence-electron chi connectivity index (χ1n) is 5.60. The van der Waals surface area contributed by atoms with E-state index in [-0.39, 0.29) is 5.97 Å². The summed E-state index contributed by atoms with van der Waals surface area (Å²) < 4.78 is 4.66. The molecule has 1 rings (SSSR count). The molecule has 17 heavy (non-hydrogen) atoms. The Morgan fingerprint density at radius 3 is 2.88 bits per heavy atom. The highest BCUT2D eigenvalue weighted by Crippen LogP contribution is 2.11. The van der Waals surface area contributed by atoms with Crippen molar-refractivity contribution < 1.29 is 9.53 Å². The molecule has 0 fully saturated rings. The van der Waals surface area contributed by atoms with Gasteiger partial charge in [-0.05, 0) is 32.4 Å². The molecule has 4 heteroatoms. The van der Waals surface area contributed by atoms with Crippen LogP contribution in [0.4, 0.5) is 5.82 Å². The van der Waals surface area contributed by atoms with Crippen molar-refractivity contribution in [3.63, 3.8) is 0 Å². The Kier molecular flexibility index (Phi) is 5.20. The minimum Gasteiger partial charge on any atom is -0.465 e. The van der Waals surface area contributed by atoms with Gasteiger partial charge in [0.15, 0.2) is 0 Å². The number of nitrogens with one attached hydrogen (secondary N) is 1. The summed E-state index contributed by atoms with van der Waals surface area (Å²) in [6.45, 7) is 4.62. The SMILES string of the molecule is C/C=C/CCNc1ccc(C(=O)OC)c(C)n1. The summed E-state index contributed by atoms with van der Waals surface area (Å²) in [5.41, 5.74) is 1.18. The molecule has 0 spiro atoms. The number of pyridine rings is 1. The molecule has 0 radical (unpaired) electrons. The van der Waals surface area contributed by atoms with Crippen LogP contribution in [0, 0.1) is 6.92 Å². The zero-order valence-corrected chi connectivity index (χ0v) is 10.5. The van der Waals surface area contributed by atoms with Gasteiger partial charge in [-0.25, -0.2) is 9.78 Å². The molecule has 0 aliphatic carbocycles. The molecule has 0 saturated carbocycles. The van der Waals surface area contributed by atoms with Crippen molar-refractivity contribution in [2.24, 2.45) is 0 Å². The quantitative estimate of drug-likeness (QED) is 0.483. The summed E-state index contributed by atoms with van der Waals surface area (Å²) in [5, 5.41) is 3.19. The molecule has 0 aliphatic heterocycles. The molecule has 0 atom stereocenters. The van der Waals surface area contributed by atoms with Crippen LogP contribution in [0.25, 0.3) is 0 Å². The van der Waals surface area contributed by atoms with E-state index in [2.05, 4.69) is 21.1 Å². The highest BCUT2D eigenvalue weighted by atomic mass is 16.5.